The highest BCUT2D eigenvalue weighted by atomic mass is 32.2. The quantitative estimate of drug-likeness (QED) is 0.376. The van der Waals surface area contributed by atoms with Gasteiger partial charge in [-0.1, -0.05) is 72.4 Å². The van der Waals surface area contributed by atoms with Crippen molar-refractivity contribution in [1.82, 2.24) is 24.9 Å². The molecule has 32 heavy (non-hydrogen) atoms. The van der Waals surface area contributed by atoms with Crippen LogP contribution < -0.4 is 9.46 Å². The van der Waals surface area contributed by atoms with Crippen molar-refractivity contribution in [2.45, 2.75) is 15.3 Å². The second-order valence-electron chi connectivity index (χ2n) is 6.73. The van der Waals surface area contributed by atoms with Gasteiger partial charge in [-0.25, -0.2) is 13.1 Å². The van der Waals surface area contributed by atoms with Crippen LogP contribution in [0.5, 0.6) is 5.75 Å². The molecule has 10 heteroatoms. The van der Waals surface area contributed by atoms with Gasteiger partial charge in [-0.2, -0.15) is 4.68 Å². The number of para-hydroxylation sites is 2. The zero-order valence-electron chi connectivity index (χ0n) is 17.2. The molecule has 0 aliphatic rings. The minimum atomic E-state index is -3.66. The monoisotopic (exact) mass is 467 g/mol. The number of hydrogen-bond acceptors (Lipinski definition) is 7. The topological polar surface area (TPSA) is 99.0 Å². The fourth-order valence-corrected chi connectivity index (χ4v) is 5.31. The van der Waals surface area contributed by atoms with Gasteiger partial charge < -0.3 is 4.74 Å². The first-order valence-electron chi connectivity index (χ1n) is 9.76. The lowest BCUT2D eigenvalue weighted by molar-refractivity contribution is 0.410. The molecule has 0 saturated heterocycles. The van der Waals surface area contributed by atoms with Gasteiger partial charge in [0.25, 0.3) is 0 Å². The van der Waals surface area contributed by atoms with Crippen LogP contribution in [0, 0.1) is 0 Å². The van der Waals surface area contributed by atoms with Crippen LogP contribution in [0.3, 0.4) is 0 Å². The highest BCUT2D eigenvalue weighted by Gasteiger charge is 2.22. The van der Waals surface area contributed by atoms with Crippen molar-refractivity contribution in [2.75, 3.05) is 13.7 Å². The molecule has 1 unspecified atom stereocenters. The van der Waals surface area contributed by atoms with Gasteiger partial charge in [-0.15, -0.1) is 5.10 Å². The van der Waals surface area contributed by atoms with Crippen LogP contribution >= 0.6 is 11.8 Å². The summed E-state index contributed by atoms with van der Waals surface area (Å²) < 4.78 is 35.3. The van der Waals surface area contributed by atoms with Gasteiger partial charge in [-0.3, -0.25) is 0 Å². The molecule has 164 valence electrons. The minimum Gasteiger partial charge on any atom is -0.494 e. The highest BCUT2D eigenvalue weighted by molar-refractivity contribution is 7.99. The maximum Gasteiger partial charge on any atom is 0.240 e. The van der Waals surface area contributed by atoms with E-state index in [1.807, 2.05) is 54.6 Å². The summed E-state index contributed by atoms with van der Waals surface area (Å²) in [5, 5.41) is 12.4. The number of hydrogen-bond donors (Lipinski definition) is 1. The second-order valence-corrected chi connectivity index (χ2v) is 9.66. The van der Waals surface area contributed by atoms with Gasteiger partial charge in [0, 0.05) is 6.54 Å². The van der Waals surface area contributed by atoms with Crippen molar-refractivity contribution >= 4 is 21.8 Å². The Morgan fingerprint density at radius 1 is 0.969 bits per heavy atom. The van der Waals surface area contributed by atoms with Crippen molar-refractivity contribution in [2.24, 2.45) is 0 Å². The summed E-state index contributed by atoms with van der Waals surface area (Å²) in [5.41, 5.74) is 1.64. The van der Waals surface area contributed by atoms with E-state index in [1.165, 1.54) is 11.8 Å². The van der Waals surface area contributed by atoms with E-state index in [4.69, 9.17) is 4.74 Å². The van der Waals surface area contributed by atoms with E-state index in [0.717, 1.165) is 5.56 Å². The third-order valence-corrected chi connectivity index (χ3v) is 7.31. The lowest BCUT2D eigenvalue weighted by atomic mass is 10.1. The Morgan fingerprint density at radius 2 is 1.62 bits per heavy atom. The molecule has 1 aromatic heterocycles. The number of nitrogens with one attached hydrogen (secondary N) is 1. The van der Waals surface area contributed by atoms with Gasteiger partial charge in [0.05, 0.1) is 17.3 Å². The van der Waals surface area contributed by atoms with Crippen LogP contribution in [0.25, 0.3) is 5.69 Å². The SMILES string of the molecule is COc1ccccc1-n1nnnc1SC(CNS(=O)(=O)c1ccccc1)c1ccccc1. The van der Waals surface area contributed by atoms with E-state index in [9.17, 15) is 8.42 Å². The van der Waals surface area contributed by atoms with E-state index < -0.39 is 10.0 Å². The number of tetrazole rings is 1. The maximum atomic E-state index is 12.8. The first kappa shape index (κ1) is 22.0. The molecule has 1 N–H and O–H groups in total. The minimum absolute atomic E-state index is 0.157. The van der Waals surface area contributed by atoms with E-state index >= 15 is 0 Å². The lowest BCUT2D eigenvalue weighted by Crippen LogP contribution is -2.27. The smallest absolute Gasteiger partial charge is 0.240 e. The zero-order valence-corrected chi connectivity index (χ0v) is 18.8. The van der Waals surface area contributed by atoms with Crippen LogP contribution in [0.2, 0.25) is 0 Å². The molecule has 4 rings (SSSR count). The van der Waals surface area contributed by atoms with Gasteiger partial charge in [0.2, 0.25) is 15.2 Å². The zero-order chi connectivity index (χ0) is 22.4. The molecule has 0 radical (unpaired) electrons. The summed E-state index contributed by atoms with van der Waals surface area (Å²) in [6.07, 6.45) is 0. The molecular weight excluding hydrogens is 446 g/mol. The molecule has 0 spiro atoms. The second kappa shape index (κ2) is 9.94. The average Bonchev–Trinajstić information content (AvgIpc) is 3.31. The molecule has 0 fully saturated rings. The third-order valence-electron chi connectivity index (χ3n) is 4.69. The van der Waals surface area contributed by atoms with E-state index in [2.05, 4.69) is 20.2 Å². The fourth-order valence-electron chi connectivity index (χ4n) is 3.10. The third kappa shape index (κ3) is 4.98. The van der Waals surface area contributed by atoms with Gasteiger partial charge in [0.1, 0.15) is 11.4 Å². The number of aromatic nitrogens is 4. The Kier molecular flexibility index (Phi) is 6.84. The molecule has 8 nitrogen and oxygen atoms in total. The highest BCUT2D eigenvalue weighted by Crippen LogP contribution is 2.35. The molecular formula is C22H21N5O3S2. The Morgan fingerprint density at radius 3 is 2.34 bits per heavy atom. The number of nitrogens with zero attached hydrogens (tertiary/aromatic N) is 4. The summed E-state index contributed by atoms with van der Waals surface area (Å²) in [6, 6.07) is 25.4. The molecule has 4 aromatic rings. The first-order valence-corrected chi connectivity index (χ1v) is 12.1. The van der Waals surface area contributed by atoms with E-state index in [0.29, 0.717) is 16.6 Å². The van der Waals surface area contributed by atoms with Crippen molar-refractivity contribution in [1.29, 1.82) is 0 Å². The van der Waals surface area contributed by atoms with Crippen LogP contribution in [-0.4, -0.2) is 42.3 Å². The standard InChI is InChI=1S/C22H21N5O3S2/c1-30-20-15-9-8-14-19(20)27-22(24-25-26-27)31-21(17-10-4-2-5-11-17)16-23-32(28,29)18-12-6-3-7-13-18/h2-15,21,23H,16H2,1H3. The largest absolute Gasteiger partial charge is 0.494 e. The molecule has 3 aromatic carbocycles. The summed E-state index contributed by atoms with van der Waals surface area (Å²) in [6.45, 7) is 0.157. The van der Waals surface area contributed by atoms with Gasteiger partial charge in [0.15, 0.2) is 0 Å². The number of benzene rings is 3. The summed E-state index contributed by atoms with van der Waals surface area (Å²) in [7, 11) is -2.07. The summed E-state index contributed by atoms with van der Waals surface area (Å²) in [4.78, 5) is 0.218. The average molecular weight is 468 g/mol. The number of sulfonamides is 1. The molecule has 1 heterocycles. The molecule has 0 amide bonds. The van der Waals surface area contributed by atoms with E-state index in [1.54, 1.807) is 42.1 Å². The number of thioether (sulfide) groups is 1. The van der Waals surface area contributed by atoms with Crippen LogP contribution in [-0.2, 0) is 10.0 Å². The first-order chi connectivity index (χ1) is 15.6. The molecule has 0 bridgehead atoms. The summed E-state index contributed by atoms with van der Waals surface area (Å²) in [5.74, 6) is 0.627. The molecule has 0 aliphatic carbocycles. The predicted octanol–water partition coefficient (Wildman–Crippen LogP) is 3.48. The molecule has 0 aliphatic heterocycles. The number of methoxy groups -OCH3 is 1. The molecule has 0 saturated carbocycles. The van der Waals surface area contributed by atoms with Crippen molar-refractivity contribution in [3.63, 3.8) is 0 Å². The van der Waals surface area contributed by atoms with Crippen LogP contribution in [0.1, 0.15) is 10.8 Å². The number of ether oxygens (including phenoxy) is 1. The predicted molar refractivity (Wildman–Crippen MR) is 122 cm³/mol. The van der Waals surface area contributed by atoms with Gasteiger partial charge >= 0.3 is 0 Å². The van der Waals surface area contributed by atoms with Gasteiger partial charge in [-0.05, 0) is 40.3 Å². The Hall–Kier alpha value is -3.21. The van der Waals surface area contributed by atoms with Crippen molar-refractivity contribution < 1.29 is 13.2 Å². The van der Waals surface area contributed by atoms with Crippen LogP contribution in [0.4, 0.5) is 0 Å². The summed E-state index contributed by atoms with van der Waals surface area (Å²) >= 11 is 1.37. The van der Waals surface area contributed by atoms with Crippen LogP contribution in [0.15, 0.2) is 95.0 Å². The number of rotatable bonds is 9. The Labute approximate surface area is 190 Å². The van der Waals surface area contributed by atoms with Crippen molar-refractivity contribution in [3.05, 3.63) is 90.5 Å². The van der Waals surface area contributed by atoms with E-state index in [-0.39, 0.29) is 16.7 Å². The van der Waals surface area contributed by atoms with Crippen molar-refractivity contribution in [3.8, 4) is 11.4 Å². The lowest BCUT2D eigenvalue weighted by Gasteiger charge is -2.18. The Balaban J connectivity index is 1.62. The fraction of sp³-hybridized carbons (Fsp3) is 0.136. The maximum absolute atomic E-state index is 12.8. The normalized spacial score (nSPS) is 12.4. The molecule has 1 atom stereocenters. The Bertz CT molecular complexity index is 1260.